The number of nitrogens with zero attached hydrogens (tertiary/aromatic N) is 6. The Labute approximate surface area is 165 Å². The maximum absolute atomic E-state index is 13.4. The largest absolute Gasteiger partial charge is 0.321 e. The van der Waals surface area contributed by atoms with Crippen molar-refractivity contribution in [3.8, 4) is 0 Å². The first-order valence-corrected chi connectivity index (χ1v) is 9.74. The molecule has 2 aromatic rings. The van der Waals surface area contributed by atoms with Crippen LogP contribution < -0.4 is 5.32 Å². The van der Waals surface area contributed by atoms with Gasteiger partial charge < -0.3 is 10.2 Å². The van der Waals surface area contributed by atoms with Crippen molar-refractivity contribution in [3.05, 3.63) is 35.5 Å². The van der Waals surface area contributed by atoms with Gasteiger partial charge in [-0.2, -0.15) is 5.10 Å². The van der Waals surface area contributed by atoms with Crippen LogP contribution in [0.5, 0.6) is 0 Å². The van der Waals surface area contributed by atoms with Gasteiger partial charge in [-0.3, -0.25) is 4.68 Å². The molecular formula is C20H28N7O+. The fourth-order valence-electron chi connectivity index (χ4n) is 4.05. The van der Waals surface area contributed by atoms with E-state index in [1.807, 2.05) is 33.4 Å². The third-order valence-corrected chi connectivity index (χ3v) is 6.02. The summed E-state index contributed by atoms with van der Waals surface area (Å²) in [5.41, 5.74) is 3.77. The molecule has 1 saturated heterocycles. The number of amides is 1. The molecule has 1 fully saturated rings. The molecule has 2 aliphatic heterocycles. The summed E-state index contributed by atoms with van der Waals surface area (Å²) >= 11 is 0. The Morgan fingerprint density at radius 1 is 1.25 bits per heavy atom. The normalized spacial score (nSPS) is 23.2. The van der Waals surface area contributed by atoms with E-state index in [9.17, 15) is 4.79 Å². The number of aromatic nitrogens is 4. The Hall–Kier alpha value is -2.58. The predicted molar refractivity (Wildman–Crippen MR) is 107 cm³/mol. The molecule has 1 atom stereocenters. The molecule has 4 rings (SSSR count). The number of aryl methyl sites for hydroxylation is 1. The number of allylic oxidation sites excluding steroid dienone is 1. The minimum Gasteiger partial charge on any atom is -0.321 e. The van der Waals surface area contributed by atoms with E-state index in [4.69, 9.17) is 4.98 Å². The van der Waals surface area contributed by atoms with Crippen molar-refractivity contribution in [2.75, 3.05) is 32.5 Å². The van der Waals surface area contributed by atoms with Gasteiger partial charge in [-0.1, -0.05) is 0 Å². The van der Waals surface area contributed by atoms with Crippen LogP contribution in [0.25, 0.3) is 6.08 Å². The summed E-state index contributed by atoms with van der Waals surface area (Å²) < 4.78 is 2.02. The minimum absolute atomic E-state index is 0.112. The van der Waals surface area contributed by atoms with Crippen LogP contribution in [-0.4, -0.2) is 62.2 Å². The second-order valence-electron chi connectivity index (χ2n) is 8.17. The second kappa shape index (κ2) is 7.10. The molecule has 0 saturated carbocycles. The molecule has 0 aromatic carbocycles. The first-order chi connectivity index (χ1) is 13.3. The van der Waals surface area contributed by atoms with Crippen molar-refractivity contribution in [3.63, 3.8) is 0 Å². The number of anilines is 2. The van der Waals surface area contributed by atoms with Gasteiger partial charge in [0.15, 0.2) is 0 Å². The monoisotopic (exact) mass is 382 g/mol. The number of rotatable bonds is 3. The van der Waals surface area contributed by atoms with Crippen LogP contribution in [-0.2, 0) is 18.4 Å². The van der Waals surface area contributed by atoms with E-state index in [0.717, 1.165) is 48.6 Å². The van der Waals surface area contributed by atoms with Crippen LogP contribution >= 0.6 is 0 Å². The van der Waals surface area contributed by atoms with Crippen LogP contribution in [0.2, 0.25) is 0 Å². The number of carbonyl (C=O) groups is 1. The van der Waals surface area contributed by atoms with Gasteiger partial charge in [0.1, 0.15) is 17.9 Å². The maximum Gasteiger partial charge on any atom is 0.321 e. The third-order valence-electron chi connectivity index (χ3n) is 6.02. The predicted octanol–water partition coefficient (Wildman–Crippen LogP) is 2.14. The van der Waals surface area contributed by atoms with Gasteiger partial charge in [-0.05, 0) is 33.0 Å². The Morgan fingerprint density at radius 2 is 2.00 bits per heavy atom. The molecule has 0 radical (unpaired) electrons. The molecule has 148 valence electrons. The SMILES string of the molecule is CC1=Cc2cnc(Nc3cnn(C)c3)nc2C[N+]1(C)C(=O)C1CCN(C)CC1. The van der Waals surface area contributed by atoms with Crippen molar-refractivity contribution in [2.45, 2.75) is 26.3 Å². The number of carbonyl (C=O) groups excluding carboxylic acids is 1. The first kappa shape index (κ1) is 18.8. The van der Waals surface area contributed by atoms with Crippen LogP contribution in [0.3, 0.4) is 0 Å². The highest BCUT2D eigenvalue weighted by atomic mass is 16.2. The number of fused-ring (bicyclic) bond motifs is 1. The summed E-state index contributed by atoms with van der Waals surface area (Å²) in [4.78, 5) is 24.8. The van der Waals surface area contributed by atoms with Crippen LogP contribution in [0, 0.1) is 5.92 Å². The maximum atomic E-state index is 13.4. The summed E-state index contributed by atoms with van der Waals surface area (Å²) in [6.07, 6.45) is 9.35. The molecular weight excluding hydrogens is 354 g/mol. The number of quaternary nitrogens is 1. The zero-order chi connectivity index (χ0) is 19.9. The number of piperidine rings is 1. The Kier molecular flexibility index (Phi) is 4.76. The van der Waals surface area contributed by atoms with Crippen LogP contribution in [0.1, 0.15) is 31.0 Å². The molecule has 1 amide bonds. The molecule has 4 heterocycles. The lowest BCUT2D eigenvalue weighted by Crippen LogP contribution is -2.53. The number of hydrogen-bond acceptors (Lipinski definition) is 6. The molecule has 2 aromatic heterocycles. The molecule has 1 N–H and O–H groups in total. The van der Waals surface area contributed by atoms with Gasteiger partial charge in [0, 0.05) is 38.0 Å². The summed E-state index contributed by atoms with van der Waals surface area (Å²) in [5, 5.41) is 7.34. The van der Waals surface area contributed by atoms with Crippen molar-refractivity contribution < 1.29 is 9.28 Å². The average molecular weight is 382 g/mol. The summed E-state index contributed by atoms with van der Waals surface area (Å²) in [5.74, 6) is 0.937. The summed E-state index contributed by atoms with van der Waals surface area (Å²) in [6.45, 7) is 4.57. The molecule has 0 aliphatic carbocycles. The second-order valence-corrected chi connectivity index (χ2v) is 8.17. The van der Waals surface area contributed by atoms with E-state index in [0.29, 0.717) is 22.9 Å². The third kappa shape index (κ3) is 3.45. The van der Waals surface area contributed by atoms with Crippen molar-refractivity contribution in [1.29, 1.82) is 0 Å². The zero-order valence-electron chi connectivity index (χ0n) is 17.0. The van der Waals surface area contributed by atoms with Crippen LogP contribution in [0.15, 0.2) is 24.3 Å². The minimum atomic E-state index is 0.112. The number of nitrogens with one attached hydrogen (secondary N) is 1. The molecule has 2 aliphatic rings. The van der Waals surface area contributed by atoms with Gasteiger partial charge in [-0.25, -0.2) is 19.2 Å². The lowest BCUT2D eigenvalue weighted by molar-refractivity contribution is -0.812. The molecule has 8 nitrogen and oxygen atoms in total. The quantitative estimate of drug-likeness (QED) is 0.820. The Morgan fingerprint density at radius 3 is 2.68 bits per heavy atom. The van der Waals surface area contributed by atoms with E-state index in [1.165, 1.54) is 0 Å². The molecule has 28 heavy (non-hydrogen) atoms. The van der Waals surface area contributed by atoms with E-state index < -0.39 is 0 Å². The number of hydrogen-bond donors (Lipinski definition) is 1. The molecule has 0 spiro atoms. The van der Waals surface area contributed by atoms with E-state index >= 15 is 0 Å². The number of likely N-dealkylation sites (tertiary alicyclic amines) is 1. The first-order valence-electron chi connectivity index (χ1n) is 9.74. The fraction of sp³-hybridized carbons (Fsp3) is 0.500. The highest BCUT2D eigenvalue weighted by Crippen LogP contribution is 2.33. The van der Waals surface area contributed by atoms with E-state index in [-0.39, 0.29) is 5.92 Å². The highest BCUT2D eigenvalue weighted by molar-refractivity contribution is 5.75. The molecule has 8 heteroatoms. The highest BCUT2D eigenvalue weighted by Gasteiger charge is 2.43. The van der Waals surface area contributed by atoms with Crippen LogP contribution in [0.4, 0.5) is 11.6 Å². The topological polar surface area (TPSA) is 75.9 Å². The van der Waals surface area contributed by atoms with Gasteiger partial charge >= 0.3 is 5.91 Å². The standard InChI is InChI=1S/C20H28N7O/c1-14-9-16-10-21-20(23-17-11-22-26(3)12-17)24-18(16)13-27(14,4)19(28)15-5-7-25(2)8-6-15/h9-12,15H,5-8,13H2,1-4H3,(H,21,23,24)/q+1. The molecule has 0 bridgehead atoms. The zero-order valence-corrected chi connectivity index (χ0v) is 17.0. The van der Waals surface area contributed by atoms with Gasteiger partial charge in [0.25, 0.3) is 0 Å². The Bertz CT molecular complexity index is 926. The van der Waals surface area contributed by atoms with E-state index in [2.05, 4.69) is 33.4 Å². The average Bonchev–Trinajstić information content (AvgIpc) is 3.07. The lowest BCUT2D eigenvalue weighted by atomic mass is 9.93. The smallest absolute Gasteiger partial charge is 0.321 e. The van der Waals surface area contributed by atoms with Crippen molar-refractivity contribution in [2.24, 2.45) is 13.0 Å². The van der Waals surface area contributed by atoms with Crippen molar-refractivity contribution >= 4 is 23.6 Å². The van der Waals surface area contributed by atoms with Gasteiger partial charge in [-0.15, -0.1) is 0 Å². The molecule has 1 unspecified atom stereocenters. The van der Waals surface area contributed by atoms with E-state index in [1.54, 1.807) is 10.9 Å². The Balaban J connectivity index is 1.57. The fourth-order valence-corrected chi connectivity index (χ4v) is 4.05. The van der Waals surface area contributed by atoms with Crippen molar-refractivity contribution in [1.82, 2.24) is 24.6 Å². The summed E-state index contributed by atoms with van der Waals surface area (Å²) in [7, 11) is 6.00. The lowest BCUT2D eigenvalue weighted by Gasteiger charge is -2.38. The van der Waals surface area contributed by atoms with Gasteiger partial charge in [0.2, 0.25) is 5.95 Å². The summed E-state index contributed by atoms with van der Waals surface area (Å²) in [6, 6.07) is 0. The van der Waals surface area contributed by atoms with Gasteiger partial charge in [0.05, 0.1) is 24.8 Å².